The van der Waals surface area contributed by atoms with Crippen molar-refractivity contribution in [3.8, 4) is 11.8 Å². The molecule has 0 radical (unpaired) electrons. The van der Waals surface area contributed by atoms with Crippen molar-refractivity contribution >= 4 is 12.0 Å². The number of rotatable bonds is 2. The van der Waals surface area contributed by atoms with Gasteiger partial charge in [0.05, 0.1) is 6.21 Å². The number of allylic oxidation sites excluding steroid dienone is 4. The van der Waals surface area contributed by atoms with Gasteiger partial charge in [-0.05, 0) is 85.6 Å². The van der Waals surface area contributed by atoms with Crippen molar-refractivity contribution in [2.75, 3.05) is 0 Å². The lowest BCUT2D eigenvalue weighted by Gasteiger charge is -2.53. The highest BCUT2D eigenvalue weighted by atomic mass is 16.4. The van der Waals surface area contributed by atoms with E-state index in [1.807, 2.05) is 25.1 Å². The predicted octanol–water partition coefficient (Wildman–Crippen LogP) is 5.15. The molecular weight excluding hydrogens is 398 g/mol. The van der Waals surface area contributed by atoms with E-state index < -0.39 is 5.60 Å². The Bertz CT molecular complexity index is 1100. The molecule has 4 heteroatoms. The van der Waals surface area contributed by atoms with Crippen LogP contribution in [0, 0.1) is 29.1 Å². The molecule has 4 aliphatic rings. The molecule has 5 rings (SSSR count). The van der Waals surface area contributed by atoms with E-state index in [0.29, 0.717) is 18.3 Å². The van der Waals surface area contributed by atoms with Gasteiger partial charge < -0.3 is 10.3 Å². The van der Waals surface area contributed by atoms with Crippen LogP contribution < -0.4 is 0 Å². The quantitative estimate of drug-likeness (QED) is 0.296. The topological polar surface area (TPSA) is 69.9 Å². The standard InChI is InChI=1S/C28H31NO3/c1-3-13-28(31)14-12-25-23-10-8-20-15-21(30)9-11-22(20)26(23)24(16-27(25,28)2)19-6-4-18(5-7-19)17-29-32/h4-7,15,17,23-25,31-32H,8-12,14,16H2,1-2H3/b29-17-/t23?,24?,25?,27-,28-/m0/s1. The highest BCUT2D eigenvalue weighted by molar-refractivity contribution is 5.93. The molecule has 0 heterocycles. The van der Waals surface area contributed by atoms with Gasteiger partial charge >= 0.3 is 0 Å². The maximum atomic E-state index is 12.1. The Labute approximate surface area is 190 Å². The summed E-state index contributed by atoms with van der Waals surface area (Å²) in [5.41, 5.74) is 5.01. The fourth-order valence-corrected chi connectivity index (χ4v) is 7.26. The van der Waals surface area contributed by atoms with Crippen molar-refractivity contribution in [2.45, 2.75) is 70.3 Å². The SMILES string of the molecule is CC#C[C@]1(O)CCC2C3CCC4=CC(=O)CCC4=C3C(c3ccc(/C=N\O)cc3)C[C@@]21C. The summed E-state index contributed by atoms with van der Waals surface area (Å²) in [7, 11) is 0. The second-order valence-electron chi connectivity index (χ2n) is 10.2. The lowest BCUT2D eigenvalue weighted by Crippen LogP contribution is -2.51. The lowest BCUT2D eigenvalue weighted by molar-refractivity contribution is -0.114. The number of carbonyl (C=O) groups is 1. The number of fused-ring (bicyclic) bond motifs is 4. The predicted molar refractivity (Wildman–Crippen MR) is 124 cm³/mol. The van der Waals surface area contributed by atoms with Crippen LogP contribution in [0.25, 0.3) is 0 Å². The second-order valence-corrected chi connectivity index (χ2v) is 10.2. The molecule has 0 amide bonds. The molecule has 0 saturated heterocycles. The number of nitrogens with zero attached hydrogens (tertiary/aromatic N) is 1. The molecule has 4 aliphatic carbocycles. The summed E-state index contributed by atoms with van der Waals surface area (Å²) < 4.78 is 0. The van der Waals surface area contributed by atoms with Gasteiger partial charge in [-0.15, -0.1) is 5.92 Å². The third kappa shape index (κ3) is 3.10. The van der Waals surface area contributed by atoms with E-state index in [-0.39, 0.29) is 17.1 Å². The average Bonchev–Trinajstić information content (AvgIpc) is 3.04. The Kier molecular flexibility index (Phi) is 5.13. The monoisotopic (exact) mass is 429 g/mol. The van der Waals surface area contributed by atoms with Crippen LogP contribution in [-0.2, 0) is 4.79 Å². The lowest BCUT2D eigenvalue weighted by atomic mass is 9.51. The molecule has 3 unspecified atom stereocenters. The molecule has 166 valence electrons. The maximum absolute atomic E-state index is 12.1. The largest absolute Gasteiger partial charge is 0.411 e. The Morgan fingerprint density at radius 2 is 1.94 bits per heavy atom. The Hall–Kier alpha value is -2.64. The van der Waals surface area contributed by atoms with Gasteiger partial charge in [0, 0.05) is 17.8 Å². The molecule has 0 bridgehead atoms. The van der Waals surface area contributed by atoms with Crippen LogP contribution in [0.15, 0.2) is 52.2 Å². The molecule has 32 heavy (non-hydrogen) atoms. The highest BCUT2D eigenvalue weighted by Gasteiger charge is 2.62. The second kappa shape index (κ2) is 7.74. The smallest absolute Gasteiger partial charge is 0.156 e. The molecule has 1 aromatic carbocycles. The van der Waals surface area contributed by atoms with Crippen molar-refractivity contribution in [3.05, 3.63) is 58.2 Å². The molecule has 0 aliphatic heterocycles. The number of aliphatic hydroxyl groups is 1. The third-order valence-electron chi connectivity index (χ3n) is 8.76. The van der Waals surface area contributed by atoms with Gasteiger partial charge in [0.2, 0.25) is 0 Å². The molecule has 1 aromatic rings. The number of oxime groups is 1. The van der Waals surface area contributed by atoms with Crippen LogP contribution in [0.1, 0.15) is 75.8 Å². The zero-order valence-electron chi connectivity index (χ0n) is 18.9. The van der Waals surface area contributed by atoms with Crippen LogP contribution in [0.4, 0.5) is 0 Å². The van der Waals surface area contributed by atoms with Crippen molar-refractivity contribution in [2.24, 2.45) is 22.4 Å². The Balaban J connectivity index is 1.67. The van der Waals surface area contributed by atoms with Gasteiger partial charge in [0.1, 0.15) is 5.60 Å². The first-order chi connectivity index (χ1) is 15.4. The first-order valence-electron chi connectivity index (χ1n) is 11.8. The van der Waals surface area contributed by atoms with Gasteiger partial charge in [-0.3, -0.25) is 4.79 Å². The van der Waals surface area contributed by atoms with E-state index in [2.05, 4.69) is 36.1 Å². The van der Waals surface area contributed by atoms with E-state index in [1.165, 1.54) is 28.5 Å². The molecule has 0 spiro atoms. The summed E-state index contributed by atoms with van der Waals surface area (Å²) in [5.74, 6) is 7.49. The number of hydrogen-bond acceptors (Lipinski definition) is 4. The molecule has 5 atom stereocenters. The summed E-state index contributed by atoms with van der Waals surface area (Å²) in [6, 6.07) is 8.23. The van der Waals surface area contributed by atoms with Gasteiger partial charge in [-0.2, -0.15) is 0 Å². The third-order valence-corrected chi connectivity index (χ3v) is 8.76. The van der Waals surface area contributed by atoms with Crippen LogP contribution in [0.5, 0.6) is 0 Å². The van der Waals surface area contributed by atoms with Gasteiger partial charge in [0.15, 0.2) is 5.78 Å². The molecule has 4 nitrogen and oxygen atoms in total. The van der Waals surface area contributed by atoms with Gasteiger partial charge in [0.25, 0.3) is 0 Å². The normalized spacial score (nSPS) is 36.2. The Morgan fingerprint density at radius 1 is 1.16 bits per heavy atom. The minimum absolute atomic E-state index is 0.191. The number of hydrogen-bond donors (Lipinski definition) is 2. The average molecular weight is 430 g/mol. The first-order valence-corrected chi connectivity index (χ1v) is 11.8. The Morgan fingerprint density at radius 3 is 2.66 bits per heavy atom. The molecule has 2 saturated carbocycles. The molecule has 2 N–H and O–H groups in total. The van der Waals surface area contributed by atoms with Crippen molar-refractivity contribution < 1.29 is 15.1 Å². The fraction of sp³-hybridized carbons (Fsp3) is 0.500. The molecular formula is C28H31NO3. The zero-order valence-corrected chi connectivity index (χ0v) is 18.9. The van der Waals surface area contributed by atoms with Crippen LogP contribution in [0.3, 0.4) is 0 Å². The van der Waals surface area contributed by atoms with Crippen molar-refractivity contribution in [1.82, 2.24) is 0 Å². The number of benzene rings is 1. The van der Waals surface area contributed by atoms with E-state index in [4.69, 9.17) is 5.21 Å². The number of carbonyl (C=O) groups excluding carboxylic acids is 1. The summed E-state index contributed by atoms with van der Waals surface area (Å²) in [4.78, 5) is 12.1. The summed E-state index contributed by atoms with van der Waals surface area (Å²) in [5, 5.41) is 23.7. The minimum atomic E-state index is -0.955. The van der Waals surface area contributed by atoms with Crippen LogP contribution >= 0.6 is 0 Å². The van der Waals surface area contributed by atoms with E-state index in [0.717, 1.165) is 44.1 Å². The van der Waals surface area contributed by atoms with E-state index in [1.54, 1.807) is 0 Å². The van der Waals surface area contributed by atoms with E-state index in [9.17, 15) is 9.90 Å². The van der Waals surface area contributed by atoms with Gasteiger partial charge in [-0.1, -0.05) is 47.8 Å². The highest BCUT2D eigenvalue weighted by Crippen LogP contribution is 2.66. The van der Waals surface area contributed by atoms with E-state index >= 15 is 0 Å². The summed E-state index contributed by atoms with van der Waals surface area (Å²) in [6.07, 6.45) is 9.35. The summed E-state index contributed by atoms with van der Waals surface area (Å²) in [6.45, 7) is 4.08. The maximum Gasteiger partial charge on any atom is 0.156 e. The van der Waals surface area contributed by atoms with Gasteiger partial charge in [-0.25, -0.2) is 0 Å². The molecule has 0 aromatic heterocycles. The van der Waals surface area contributed by atoms with Crippen molar-refractivity contribution in [3.63, 3.8) is 0 Å². The first kappa shape index (κ1) is 21.2. The molecule has 2 fully saturated rings. The number of ketones is 1. The summed E-state index contributed by atoms with van der Waals surface area (Å²) >= 11 is 0. The fourth-order valence-electron chi connectivity index (χ4n) is 7.26. The zero-order chi connectivity index (χ0) is 22.5. The van der Waals surface area contributed by atoms with Crippen LogP contribution in [-0.4, -0.2) is 27.9 Å². The minimum Gasteiger partial charge on any atom is -0.411 e. The van der Waals surface area contributed by atoms with Crippen LogP contribution in [0.2, 0.25) is 0 Å². The van der Waals surface area contributed by atoms with Crippen molar-refractivity contribution in [1.29, 1.82) is 0 Å².